The number of likely N-dealkylation sites (N-methyl/N-ethyl adjacent to an activating group) is 1. The number of ether oxygens (including phenoxy) is 2. The van der Waals surface area contributed by atoms with E-state index < -0.39 is 10.0 Å². The van der Waals surface area contributed by atoms with Gasteiger partial charge in [0.15, 0.2) is 0 Å². The quantitative estimate of drug-likeness (QED) is 0.710. The predicted molar refractivity (Wildman–Crippen MR) is 94.0 cm³/mol. The van der Waals surface area contributed by atoms with Crippen molar-refractivity contribution in [2.45, 2.75) is 37.7 Å². The van der Waals surface area contributed by atoms with Crippen LogP contribution in [0.1, 0.15) is 26.7 Å². The van der Waals surface area contributed by atoms with Crippen LogP contribution < -0.4 is 10.1 Å². The van der Waals surface area contributed by atoms with E-state index in [1.165, 1.54) is 12.1 Å². The van der Waals surface area contributed by atoms with Gasteiger partial charge in [0.2, 0.25) is 15.9 Å². The molecule has 0 bridgehead atoms. The van der Waals surface area contributed by atoms with E-state index in [1.54, 1.807) is 19.1 Å². The molecule has 0 saturated carbocycles. The Hall–Kier alpha value is -1.64. The monoisotopic (exact) mass is 370 g/mol. The number of benzene rings is 1. The fourth-order valence-corrected chi connectivity index (χ4v) is 4.04. The van der Waals surface area contributed by atoms with Crippen molar-refractivity contribution in [3.05, 3.63) is 24.3 Å². The van der Waals surface area contributed by atoms with Crippen molar-refractivity contribution in [3.63, 3.8) is 0 Å². The lowest BCUT2D eigenvalue weighted by Gasteiger charge is -2.20. The summed E-state index contributed by atoms with van der Waals surface area (Å²) in [5, 5.41) is 2.75. The normalized spacial score (nSPS) is 17.6. The summed E-state index contributed by atoms with van der Waals surface area (Å²) in [7, 11) is -3.73. The van der Waals surface area contributed by atoms with Crippen molar-refractivity contribution in [3.8, 4) is 5.75 Å². The Balaban J connectivity index is 1.97. The van der Waals surface area contributed by atoms with Crippen LogP contribution in [0, 0.1) is 0 Å². The van der Waals surface area contributed by atoms with Crippen LogP contribution in [-0.4, -0.2) is 57.6 Å². The Morgan fingerprint density at radius 1 is 1.32 bits per heavy atom. The van der Waals surface area contributed by atoms with Gasteiger partial charge in [-0.1, -0.05) is 6.92 Å². The second kappa shape index (κ2) is 9.17. The van der Waals surface area contributed by atoms with E-state index in [1.807, 2.05) is 6.92 Å². The van der Waals surface area contributed by atoms with Crippen molar-refractivity contribution in [2.24, 2.45) is 0 Å². The fourth-order valence-electron chi connectivity index (χ4n) is 2.64. The van der Waals surface area contributed by atoms with Crippen molar-refractivity contribution in [1.82, 2.24) is 9.62 Å². The molecule has 1 aliphatic heterocycles. The summed E-state index contributed by atoms with van der Waals surface area (Å²) in [6.07, 6.45) is 1.94. The number of carbonyl (C=O) groups excluding carboxylic acids is 1. The molecule has 7 nitrogen and oxygen atoms in total. The third-order valence-corrected chi connectivity index (χ3v) is 5.93. The number of hydrogen-bond acceptors (Lipinski definition) is 5. The van der Waals surface area contributed by atoms with Crippen LogP contribution in [0.3, 0.4) is 0 Å². The number of rotatable bonds is 9. The molecule has 1 fully saturated rings. The van der Waals surface area contributed by atoms with Gasteiger partial charge in [0.1, 0.15) is 5.75 Å². The Morgan fingerprint density at radius 2 is 2.04 bits per heavy atom. The molecule has 1 amide bonds. The van der Waals surface area contributed by atoms with Gasteiger partial charge < -0.3 is 14.8 Å². The molecule has 25 heavy (non-hydrogen) atoms. The van der Waals surface area contributed by atoms with Crippen LogP contribution >= 0.6 is 0 Å². The zero-order chi connectivity index (χ0) is 18.3. The lowest BCUT2D eigenvalue weighted by molar-refractivity contribution is -0.121. The molecule has 1 aliphatic rings. The summed E-state index contributed by atoms with van der Waals surface area (Å²) in [5.41, 5.74) is 0. The van der Waals surface area contributed by atoms with Gasteiger partial charge in [-0.3, -0.25) is 4.79 Å². The van der Waals surface area contributed by atoms with Crippen LogP contribution in [0.4, 0.5) is 0 Å². The molecule has 0 radical (unpaired) electrons. The van der Waals surface area contributed by atoms with Gasteiger partial charge in [-0.15, -0.1) is 0 Å². The van der Waals surface area contributed by atoms with Crippen LogP contribution in [0.2, 0.25) is 0 Å². The van der Waals surface area contributed by atoms with Crippen LogP contribution in [0.15, 0.2) is 29.2 Å². The van der Waals surface area contributed by atoms with Gasteiger partial charge in [-0.05, 0) is 44.0 Å². The highest BCUT2D eigenvalue weighted by atomic mass is 32.2. The van der Waals surface area contributed by atoms with Gasteiger partial charge in [-0.2, -0.15) is 4.31 Å². The van der Waals surface area contributed by atoms with Gasteiger partial charge >= 0.3 is 0 Å². The third kappa shape index (κ3) is 5.42. The SMILES string of the molecule is CCOc1ccc(S(=O)(=O)N(CC)CC(=O)NC[C@@H]2CCCO2)cc1. The lowest BCUT2D eigenvalue weighted by atomic mass is 10.2. The van der Waals surface area contributed by atoms with E-state index in [-0.39, 0.29) is 30.0 Å². The topological polar surface area (TPSA) is 84.9 Å². The summed E-state index contributed by atoms with van der Waals surface area (Å²) in [4.78, 5) is 12.2. The number of nitrogens with one attached hydrogen (secondary N) is 1. The van der Waals surface area contributed by atoms with Gasteiger partial charge in [0, 0.05) is 19.7 Å². The molecule has 1 atom stereocenters. The standard InChI is InChI=1S/C17H26N2O5S/c1-3-19(13-17(20)18-12-15-6-5-11-24-15)25(21,22)16-9-7-14(8-10-16)23-4-2/h7-10,15H,3-6,11-13H2,1-2H3,(H,18,20)/t15-/m0/s1. The average molecular weight is 370 g/mol. The number of nitrogens with zero attached hydrogens (tertiary/aromatic N) is 1. The van der Waals surface area contributed by atoms with E-state index >= 15 is 0 Å². The van der Waals surface area contributed by atoms with Crippen LogP contribution in [0.5, 0.6) is 5.75 Å². The van der Waals surface area contributed by atoms with Crippen molar-refractivity contribution < 1.29 is 22.7 Å². The fraction of sp³-hybridized carbons (Fsp3) is 0.588. The highest BCUT2D eigenvalue weighted by molar-refractivity contribution is 7.89. The van der Waals surface area contributed by atoms with Crippen LogP contribution in [0.25, 0.3) is 0 Å². The van der Waals surface area contributed by atoms with Crippen molar-refractivity contribution >= 4 is 15.9 Å². The van der Waals surface area contributed by atoms with Gasteiger partial charge in [0.25, 0.3) is 0 Å². The number of hydrogen-bond donors (Lipinski definition) is 1. The van der Waals surface area contributed by atoms with E-state index in [0.717, 1.165) is 17.1 Å². The number of amides is 1. The summed E-state index contributed by atoms with van der Waals surface area (Å²) in [6.45, 7) is 5.21. The van der Waals surface area contributed by atoms with Crippen molar-refractivity contribution in [2.75, 3.05) is 32.8 Å². The minimum absolute atomic E-state index is 0.0294. The zero-order valence-corrected chi connectivity index (χ0v) is 15.5. The maximum atomic E-state index is 12.7. The van der Waals surface area contributed by atoms with E-state index in [0.29, 0.717) is 25.5 Å². The Kier molecular flexibility index (Phi) is 7.22. The van der Waals surface area contributed by atoms with Crippen LogP contribution in [-0.2, 0) is 19.6 Å². The highest BCUT2D eigenvalue weighted by Crippen LogP contribution is 2.19. The molecule has 8 heteroatoms. The van der Waals surface area contributed by atoms with Crippen molar-refractivity contribution in [1.29, 1.82) is 0 Å². The third-order valence-electron chi connectivity index (χ3n) is 4.00. The highest BCUT2D eigenvalue weighted by Gasteiger charge is 2.26. The minimum Gasteiger partial charge on any atom is -0.494 e. The molecular formula is C17H26N2O5S. The molecule has 1 N–H and O–H groups in total. The van der Waals surface area contributed by atoms with E-state index in [2.05, 4.69) is 5.32 Å². The molecule has 0 unspecified atom stereocenters. The first-order valence-corrected chi connectivity index (χ1v) is 10.0. The predicted octanol–water partition coefficient (Wildman–Crippen LogP) is 1.39. The molecule has 140 valence electrons. The van der Waals surface area contributed by atoms with E-state index in [4.69, 9.17) is 9.47 Å². The number of carbonyl (C=O) groups is 1. The molecule has 0 aromatic heterocycles. The Morgan fingerprint density at radius 3 is 2.60 bits per heavy atom. The molecule has 1 heterocycles. The zero-order valence-electron chi connectivity index (χ0n) is 14.7. The molecular weight excluding hydrogens is 344 g/mol. The van der Waals surface area contributed by atoms with Gasteiger partial charge in [0.05, 0.1) is 24.2 Å². The summed E-state index contributed by atoms with van der Waals surface area (Å²) >= 11 is 0. The first-order chi connectivity index (χ1) is 12.0. The van der Waals surface area contributed by atoms with E-state index in [9.17, 15) is 13.2 Å². The molecule has 1 aromatic rings. The minimum atomic E-state index is -3.73. The largest absolute Gasteiger partial charge is 0.494 e. The molecule has 1 aromatic carbocycles. The Labute approximate surface area is 149 Å². The smallest absolute Gasteiger partial charge is 0.243 e. The number of sulfonamides is 1. The average Bonchev–Trinajstić information content (AvgIpc) is 3.12. The second-order valence-electron chi connectivity index (χ2n) is 5.77. The second-order valence-corrected chi connectivity index (χ2v) is 7.71. The summed E-state index contributed by atoms with van der Waals surface area (Å²) in [5.74, 6) is 0.283. The molecule has 0 spiro atoms. The molecule has 1 saturated heterocycles. The molecule has 2 rings (SSSR count). The molecule has 0 aliphatic carbocycles. The maximum Gasteiger partial charge on any atom is 0.243 e. The summed E-state index contributed by atoms with van der Waals surface area (Å²) < 4.78 is 37.3. The Bertz CT molecular complexity index is 654. The van der Waals surface area contributed by atoms with Gasteiger partial charge in [-0.25, -0.2) is 8.42 Å². The summed E-state index contributed by atoms with van der Waals surface area (Å²) in [6, 6.07) is 6.21. The first kappa shape index (κ1) is 19.7. The first-order valence-electron chi connectivity index (χ1n) is 8.58. The lowest BCUT2D eigenvalue weighted by Crippen LogP contribution is -2.42. The maximum absolute atomic E-state index is 12.7.